The average Bonchev–Trinajstić information content (AvgIpc) is 3.36. The first-order valence-electron chi connectivity index (χ1n) is 10.00. The van der Waals surface area contributed by atoms with E-state index in [4.69, 9.17) is 9.72 Å². The van der Waals surface area contributed by atoms with Gasteiger partial charge in [0.25, 0.3) is 0 Å². The van der Waals surface area contributed by atoms with Crippen LogP contribution in [0.2, 0.25) is 0 Å². The van der Waals surface area contributed by atoms with Crippen LogP contribution in [0.4, 0.5) is 0 Å². The number of ether oxygens (including phenoxy) is 1. The summed E-state index contributed by atoms with van der Waals surface area (Å²) < 4.78 is 5.83. The summed E-state index contributed by atoms with van der Waals surface area (Å²) in [5.74, 6) is 1.38. The van der Waals surface area contributed by atoms with Gasteiger partial charge in [0.05, 0.1) is 12.2 Å². The molecule has 0 N–H and O–H groups in total. The molecule has 0 radical (unpaired) electrons. The lowest BCUT2D eigenvalue weighted by atomic mass is 10.0. The first-order valence-corrected chi connectivity index (χ1v) is 10.9. The largest absolute Gasteiger partial charge is 0.486 e. The lowest BCUT2D eigenvalue weighted by Gasteiger charge is -2.30. The highest BCUT2D eigenvalue weighted by Crippen LogP contribution is 2.28. The van der Waals surface area contributed by atoms with Crippen molar-refractivity contribution in [3.05, 3.63) is 45.9 Å². The van der Waals surface area contributed by atoms with Gasteiger partial charge >= 0.3 is 0 Å². The Balaban J connectivity index is 1.61. The predicted octanol–water partition coefficient (Wildman–Crippen LogP) is 5.35. The Morgan fingerprint density at radius 1 is 1.30 bits per heavy atom. The summed E-state index contributed by atoms with van der Waals surface area (Å²) >= 11 is 1.60. The molecule has 5 heteroatoms. The van der Waals surface area contributed by atoms with E-state index in [1.165, 1.54) is 18.4 Å². The molecule has 1 heterocycles. The summed E-state index contributed by atoms with van der Waals surface area (Å²) in [7, 11) is 0. The van der Waals surface area contributed by atoms with Crippen LogP contribution in [0.3, 0.4) is 0 Å². The van der Waals surface area contributed by atoms with E-state index in [1.54, 1.807) is 11.3 Å². The molecule has 4 nitrogen and oxygen atoms in total. The number of thiazole rings is 1. The summed E-state index contributed by atoms with van der Waals surface area (Å²) in [6, 6.07) is 8.29. The van der Waals surface area contributed by atoms with Gasteiger partial charge in [-0.15, -0.1) is 11.3 Å². The van der Waals surface area contributed by atoms with Crippen LogP contribution >= 0.6 is 11.3 Å². The summed E-state index contributed by atoms with van der Waals surface area (Å²) in [6.45, 7) is 7.41. The molecule has 2 aromatic rings. The highest BCUT2D eigenvalue weighted by Gasteiger charge is 2.29. The molecular weight excluding hydrogens is 356 g/mol. The second-order valence-electron chi connectivity index (χ2n) is 7.54. The summed E-state index contributed by atoms with van der Waals surface area (Å²) in [5.41, 5.74) is 2.19. The van der Waals surface area contributed by atoms with Crippen molar-refractivity contribution in [2.45, 2.75) is 72.1 Å². The van der Waals surface area contributed by atoms with Crippen molar-refractivity contribution >= 4 is 17.2 Å². The van der Waals surface area contributed by atoms with Gasteiger partial charge in [-0.05, 0) is 45.2 Å². The van der Waals surface area contributed by atoms with Crippen molar-refractivity contribution in [1.29, 1.82) is 0 Å². The van der Waals surface area contributed by atoms with E-state index in [9.17, 15) is 4.79 Å². The topological polar surface area (TPSA) is 42.4 Å². The van der Waals surface area contributed by atoms with Gasteiger partial charge in [0.15, 0.2) is 0 Å². The first-order chi connectivity index (χ1) is 13.1. The van der Waals surface area contributed by atoms with Crippen LogP contribution in [-0.4, -0.2) is 21.8 Å². The van der Waals surface area contributed by atoms with Crippen LogP contribution in [0.15, 0.2) is 29.6 Å². The molecule has 1 aromatic heterocycles. The molecule has 0 saturated heterocycles. The van der Waals surface area contributed by atoms with Gasteiger partial charge < -0.3 is 9.64 Å². The van der Waals surface area contributed by atoms with E-state index in [0.717, 1.165) is 35.7 Å². The Labute approximate surface area is 166 Å². The third-order valence-corrected chi connectivity index (χ3v) is 6.30. The quantitative estimate of drug-likeness (QED) is 0.614. The molecule has 3 rings (SSSR count). The van der Waals surface area contributed by atoms with Gasteiger partial charge in [0, 0.05) is 17.3 Å². The van der Waals surface area contributed by atoms with Gasteiger partial charge in [0.1, 0.15) is 17.4 Å². The van der Waals surface area contributed by atoms with E-state index in [2.05, 4.69) is 26.2 Å². The molecule has 1 aliphatic rings. The van der Waals surface area contributed by atoms with Crippen LogP contribution in [-0.2, 0) is 17.9 Å². The Hall–Kier alpha value is -1.88. The Morgan fingerprint density at radius 3 is 2.67 bits per heavy atom. The van der Waals surface area contributed by atoms with Gasteiger partial charge in [-0.2, -0.15) is 0 Å². The smallest absolute Gasteiger partial charge is 0.226 e. The molecule has 1 saturated carbocycles. The lowest BCUT2D eigenvalue weighted by Crippen LogP contribution is -2.41. The molecule has 0 aliphatic heterocycles. The van der Waals surface area contributed by atoms with Crippen molar-refractivity contribution in [3.63, 3.8) is 0 Å². The van der Waals surface area contributed by atoms with Gasteiger partial charge in [-0.3, -0.25) is 4.79 Å². The van der Waals surface area contributed by atoms with E-state index >= 15 is 0 Å². The molecule has 1 aliphatic carbocycles. The van der Waals surface area contributed by atoms with Gasteiger partial charge in [-0.1, -0.05) is 37.5 Å². The number of amides is 1. The number of nitrogens with zero attached hydrogens (tertiary/aromatic N) is 2. The number of aromatic nitrogens is 1. The van der Waals surface area contributed by atoms with Crippen molar-refractivity contribution in [2.75, 3.05) is 0 Å². The van der Waals surface area contributed by atoms with E-state index < -0.39 is 0 Å². The third-order valence-electron chi connectivity index (χ3n) is 5.43. The molecule has 0 bridgehead atoms. The van der Waals surface area contributed by atoms with Crippen LogP contribution in [0, 0.1) is 12.8 Å². The summed E-state index contributed by atoms with van der Waals surface area (Å²) in [4.78, 5) is 19.7. The highest BCUT2D eigenvalue weighted by atomic mass is 32.1. The van der Waals surface area contributed by atoms with Crippen LogP contribution in [0.5, 0.6) is 5.75 Å². The number of carbonyl (C=O) groups excluding carboxylic acids is 1. The molecule has 1 fully saturated rings. The van der Waals surface area contributed by atoms with Crippen molar-refractivity contribution < 1.29 is 9.53 Å². The standard InChI is InChI=1S/C22H30N2O2S/c1-4-17(3)24(22(25)18-7-5-6-8-18)13-19-15-27-21(23-19)14-26-20-11-9-16(2)10-12-20/h9-12,15,17-18H,4-8,13-14H2,1-3H3/t17-/m1/s1. The van der Waals surface area contributed by atoms with Crippen LogP contribution in [0.25, 0.3) is 0 Å². The van der Waals surface area contributed by atoms with Crippen LogP contribution < -0.4 is 4.74 Å². The van der Waals surface area contributed by atoms with Crippen molar-refractivity contribution in [1.82, 2.24) is 9.88 Å². The van der Waals surface area contributed by atoms with Crippen LogP contribution in [0.1, 0.15) is 62.2 Å². The number of rotatable bonds is 8. The predicted molar refractivity (Wildman–Crippen MR) is 110 cm³/mol. The lowest BCUT2D eigenvalue weighted by molar-refractivity contribution is -0.138. The van der Waals surface area contributed by atoms with E-state index in [0.29, 0.717) is 19.1 Å². The zero-order chi connectivity index (χ0) is 19.2. The molecule has 27 heavy (non-hydrogen) atoms. The minimum atomic E-state index is 0.210. The molecule has 1 amide bonds. The first kappa shape index (κ1) is 19.9. The molecule has 146 valence electrons. The minimum Gasteiger partial charge on any atom is -0.486 e. The van der Waals surface area contributed by atoms with Crippen molar-refractivity contribution in [2.24, 2.45) is 5.92 Å². The second kappa shape index (κ2) is 9.36. The molecule has 1 aromatic carbocycles. The summed E-state index contributed by atoms with van der Waals surface area (Å²) in [6.07, 6.45) is 5.41. The monoisotopic (exact) mass is 386 g/mol. The SMILES string of the molecule is CC[C@@H](C)N(Cc1csc(COc2ccc(C)cc2)n1)C(=O)C1CCCC1. The molecule has 0 spiro atoms. The van der Waals surface area contributed by atoms with Gasteiger partial charge in [0.2, 0.25) is 5.91 Å². The van der Waals surface area contributed by atoms with E-state index in [1.807, 2.05) is 29.2 Å². The van der Waals surface area contributed by atoms with Gasteiger partial charge in [-0.25, -0.2) is 4.98 Å². The molecule has 1 atom stereocenters. The molecular formula is C22H30N2O2S. The maximum atomic E-state index is 13.0. The zero-order valence-corrected chi connectivity index (χ0v) is 17.4. The third kappa shape index (κ3) is 5.32. The Kier molecular flexibility index (Phi) is 6.89. The highest BCUT2D eigenvalue weighted by molar-refractivity contribution is 7.09. The minimum absolute atomic E-state index is 0.210. The maximum absolute atomic E-state index is 13.0. The zero-order valence-electron chi connectivity index (χ0n) is 16.6. The fraction of sp³-hybridized carbons (Fsp3) is 0.545. The maximum Gasteiger partial charge on any atom is 0.226 e. The van der Waals surface area contributed by atoms with Crippen molar-refractivity contribution in [3.8, 4) is 5.75 Å². The number of aryl methyl sites for hydroxylation is 1. The number of benzene rings is 1. The second-order valence-corrected chi connectivity index (χ2v) is 8.48. The number of hydrogen-bond acceptors (Lipinski definition) is 4. The number of carbonyl (C=O) groups is 1. The molecule has 0 unspecified atom stereocenters. The normalized spacial score (nSPS) is 15.7. The van der Waals surface area contributed by atoms with E-state index in [-0.39, 0.29) is 12.0 Å². The average molecular weight is 387 g/mol. The number of hydrogen-bond donors (Lipinski definition) is 0. The fourth-order valence-electron chi connectivity index (χ4n) is 3.52. The Morgan fingerprint density at radius 2 is 2.00 bits per heavy atom. The Bertz CT molecular complexity index is 735. The fourth-order valence-corrected chi connectivity index (χ4v) is 4.22. The summed E-state index contributed by atoms with van der Waals surface area (Å²) in [5, 5.41) is 3.01.